The van der Waals surface area contributed by atoms with E-state index < -0.39 is 0 Å². The molecule has 7 heteroatoms. The number of aromatic nitrogens is 2. The van der Waals surface area contributed by atoms with Gasteiger partial charge in [-0.3, -0.25) is 14.2 Å². The zero-order valence-electron chi connectivity index (χ0n) is 13.3. The number of nitrogens with one attached hydrogen (secondary N) is 1. The SMILES string of the molecule is CCc1cc(=O)n(CC(=O)Nc2ccc(OC)cc2OC)cn1. The lowest BCUT2D eigenvalue weighted by Gasteiger charge is -2.12. The largest absolute Gasteiger partial charge is 0.497 e. The van der Waals surface area contributed by atoms with Gasteiger partial charge in [0.1, 0.15) is 18.0 Å². The molecule has 0 atom stereocenters. The van der Waals surface area contributed by atoms with Crippen LogP contribution in [-0.2, 0) is 17.8 Å². The number of hydrogen-bond donors (Lipinski definition) is 1. The molecule has 0 bridgehead atoms. The number of anilines is 1. The summed E-state index contributed by atoms with van der Waals surface area (Å²) in [6, 6.07) is 6.49. The molecule has 0 aliphatic rings. The summed E-state index contributed by atoms with van der Waals surface area (Å²) in [5.41, 5.74) is 0.946. The van der Waals surface area contributed by atoms with Gasteiger partial charge in [0, 0.05) is 17.8 Å². The number of hydrogen-bond acceptors (Lipinski definition) is 5. The highest BCUT2D eigenvalue weighted by Gasteiger charge is 2.10. The van der Waals surface area contributed by atoms with E-state index in [0.717, 1.165) is 0 Å². The van der Waals surface area contributed by atoms with Crippen molar-refractivity contribution in [3.63, 3.8) is 0 Å². The molecule has 0 unspecified atom stereocenters. The second-order valence-corrected chi connectivity index (χ2v) is 4.81. The minimum absolute atomic E-state index is 0.120. The Kier molecular flexibility index (Phi) is 5.35. The maximum Gasteiger partial charge on any atom is 0.253 e. The van der Waals surface area contributed by atoms with Gasteiger partial charge in [0.25, 0.3) is 5.56 Å². The van der Waals surface area contributed by atoms with E-state index in [1.165, 1.54) is 24.1 Å². The lowest BCUT2D eigenvalue weighted by atomic mass is 10.2. The van der Waals surface area contributed by atoms with Crippen LogP contribution in [0, 0.1) is 0 Å². The third-order valence-electron chi connectivity index (χ3n) is 3.30. The number of aryl methyl sites for hydroxylation is 1. The summed E-state index contributed by atoms with van der Waals surface area (Å²) in [4.78, 5) is 28.1. The first-order valence-electron chi connectivity index (χ1n) is 7.14. The Morgan fingerprint density at radius 2 is 2.04 bits per heavy atom. The number of carbonyl (C=O) groups excluding carboxylic acids is 1. The van der Waals surface area contributed by atoms with Crippen LogP contribution in [-0.4, -0.2) is 29.7 Å². The van der Waals surface area contributed by atoms with E-state index >= 15 is 0 Å². The smallest absolute Gasteiger partial charge is 0.253 e. The van der Waals surface area contributed by atoms with Gasteiger partial charge in [0.2, 0.25) is 5.91 Å². The molecule has 0 radical (unpaired) electrons. The van der Waals surface area contributed by atoms with Gasteiger partial charge >= 0.3 is 0 Å². The monoisotopic (exact) mass is 317 g/mol. The maximum atomic E-state index is 12.1. The maximum absolute atomic E-state index is 12.1. The van der Waals surface area contributed by atoms with Crippen LogP contribution in [0.4, 0.5) is 5.69 Å². The molecule has 0 fully saturated rings. The van der Waals surface area contributed by atoms with E-state index in [0.29, 0.717) is 29.3 Å². The number of methoxy groups -OCH3 is 2. The average molecular weight is 317 g/mol. The van der Waals surface area contributed by atoms with Crippen molar-refractivity contribution in [2.45, 2.75) is 19.9 Å². The van der Waals surface area contributed by atoms with Crippen molar-refractivity contribution in [3.05, 3.63) is 46.6 Å². The van der Waals surface area contributed by atoms with E-state index in [2.05, 4.69) is 10.3 Å². The Balaban J connectivity index is 2.12. The molecular formula is C16H19N3O4. The predicted molar refractivity (Wildman–Crippen MR) is 86.1 cm³/mol. The van der Waals surface area contributed by atoms with Crippen molar-refractivity contribution in [3.8, 4) is 11.5 Å². The first-order chi connectivity index (χ1) is 11.1. The number of nitrogens with zero attached hydrogens (tertiary/aromatic N) is 2. The normalized spacial score (nSPS) is 10.2. The molecule has 0 saturated carbocycles. The van der Waals surface area contributed by atoms with Crippen molar-refractivity contribution in [1.29, 1.82) is 0 Å². The average Bonchev–Trinajstić information content (AvgIpc) is 2.57. The third-order valence-corrected chi connectivity index (χ3v) is 3.30. The van der Waals surface area contributed by atoms with Crippen LogP contribution in [0.5, 0.6) is 11.5 Å². The molecule has 1 aromatic carbocycles. The van der Waals surface area contributed by atoms with E-state index in [1.807, 2.05) is 6.92 Å². The number of rotatable bonds is 6. The Labute approximate surface area is 133 Å². The molecule has 2 rings (SSSR count). The van der Waals surface area contributed by atoms with Gasteiger partial charge in [-0.25, -0.2) is 4.98 Å². The van der Waals surface area contributed by atoms with E-state index in [4.69, 9.17) is 9.47 Å². The van der Waals surface area contributed by atoms with Gasteiger partial charge in [-0.15, -0.1) is 0 Å². The minimum atomic E-state index is -0.346. The van der Waals surface area contributed by atoms with E-state index in [-0.39, 0.29) is 18.0 Å². The second kappa shape index (κ2) is 7.44. The van der Waals surface area contributed by atoms with Gasteiger partial charge in [0.05, 0.1) is 26.2 Å². The zero-order chi connectivity index (χ0) is 16.8. The highest BCUT2D eigenvalue weighted by molar-refractivity contribution is 5.92. The van der Waals surface area contributed by atoms with E-state index in [1.54, 1.807) is 25.3 Å². The number of ether oxygens (including phenoxy) is 2. The fraction of sp³-hybridized carbons (Fsp3) is 0.312. The fourth-order valence-electron chi connectivity index (χ4n) is 2.02. The summed E-state index contributed by atoms with van der Waals surface area (Å²) in [5, 5.41) is 2.71. The van der Waals surface area contributed by atoms with Gasteiger partial charge < -0.3 is 14.8 Å². The van der Waals surface area contributed by atoms with Crippen LogP contribution in [0.1, 0.15) is 12.6 Å². The zero-order valence-corrected chi connectivity index (χ0v) is 13.3. The standard InChI is InChI=1S/C16H19N3O4/c1-4-11-7-16(21)19(10-17-11)9-15(20)18-13-6-5-12(22-2)8-14(13)23-3/h5-8,10H,4,9H2,1-3H3,(H,18,20). The lowest BCUT2D eigenvalue weighted by molar-refractivity contribution is -0.116. The summed E-state index contributed by atoms with van der Waals surface area (Å²) >= 11 is 0. The van der Waals surface area contributed by atoms with Crippen LogP contribution >= 0.6 is 0 Å². The molecule has 2 aromatic rings. The van der Waals surface area contributed by atoms with Crippen molar-refractivity contribution >= 4 is 11.6 Å². The van der Waals surface area contributed by atoms with Crippen LogP contribution in [0.2, 0.25) is 0 Å². The Morgan fingerprint density at radius 1 is 1.26 bits per heavy atom. The van der Waals surface area contributed by atoms with Crippen LogP contribution in [0.3, 0.4) is 0 Å². The number of benzene rings is 1. The first kappa shape index (κ1) is 16.5. The van der Waals surface area contributed by atoms with Crippen LogP contribution < -0.4 is 20.3 Å². The predicted octanol–water partition coefficient (Wildman–Crippen LogP) is 1.46. The number of carbonyl (C=O) groups is 1. The van der Waals surface area contributed by atoms with Crippen LogP contribution in [0.15, 0.2) is 35.4 Å². The minimum Gasteiger partial charge on any atom is -0.497 e. The van der Waals surface area contributed by atoms with Crippen molar-refractivity contribution < 1.29 is 14.3 Å². The fourth-order valence-corrected chi connectivity index (χ4v) is 2.02. The quantitative estimate of drug-likeness (QED) is 0.872. The number of amides is 1. The van der Waals surface area contributed by atoms with Crippen molar-refractivity contribution in [1.82, 2.24) is 9.55 Å². The summed E-state index contributed by atoms with van der Waals surface area (Å²) in [5.74, 6) is 0.751. The molecule has 0 saturated heterocycles. The molecule has 1 aromatic heterocycles. The molecule has 1 heterocycles. The topological polar surface area (TPSA) is 82.5 Å². The van der Waals surface area contributed by atoms with Crippen molar-refractivity contribution in [2.75, 3.05) is 19.5 Å². The highest BCUT2D eigenvalue weighted by Crippen LogP contribution is 2.28. The Morgan fingerprint density at radius 3 is 2.65 bits per heavy atom. The molecule has 122 valence electrons. The molecule has 0 spiro atoms. The molecule has 23 heavy (non-hydrogen) atoms. The van der Waals surface area contributed by atoms with Gasteiger partial charge in [-0.05, 0) is 18.6 Å². The van der Waals surface area contributed by atoms with Crippen LogP contribution in [0.25, 0.3) is 0 Å². The molecule has 1 N–H and O–H groups in total. The highest BCUT2D eigenvalue weighted by atomic mass is 16.5. The first-order valence-corrected chi connectivity index (χ1v) is 7.14. The second-order valence-electron chi connectivity index (χ2n) is 4.81. The molecule has 0 aliphatic carbocycles. The van der Waals surface area contributed by atoms with Crippen molar-refractivity contribution in [2.24, 2.45) is 0 Å². The summed E-state index contributed by atoms with van der Waals surface area (Å²) in [7, 11) is 3.05. The summed E-state index contributed by atoms with van der Waals surface area (Å²) in [6.07, 6.45) is 2.05. The third kappa shape index (κ3) is 4.09. The van der Waals surface area contributed by atoms with Gasteiger partial charge in [0.15, 0.2) is 0 Å². The lowest BCUT2D eigenvalue weighted by Crippen LogP contribution is -2.28. The Hall–Kier alpha value is -2.83. The van der Waals surface area contributed by atoms with E-state index in [9.17, 15) is 9.59 Å². The molecular weight excluding hydrogens is 298 g/mol. The summed E-state index contributed by atoms with van der Waals surface area (Å²) in [6.45, 7) is 1.79. The molecule has 0 aliphatic heterocycles. The molecule has 7 nitrogen and oxygen atoms in total. The van der Waals surface area contributed by atoms with Gasteiger partial charge in [-0.2, -0.15) is 0 Å². The van der Waals surface area contributed by atoms with Gasteiger partial charge in [-0.1, -0.05) is 6.92 Å². The molecule has 1 amide bonds. The Bertz CT molecular complexity index is 755. The summed E-state index contributed by atoms with van der Waals surface area (Å²) < 4.78 is 11.6.